The molecule has 0 saturated heterocycles. The highest BCUT2D eigenvalue weighted by molar-refractivity contribution is 6.04. The number of halogens is 1. The summed E-state index contributed by atoms with van der Waals surface area (Å²) in [6, 6.07) is 15.0. The lowest BCUT2D eigenvalue weighted by Crippen LogP contribution is -2.52. The molecule has 1 aliphatic rings. The number of aryl methyl sites for hydroxylation is 1. The topological polar surface area (TPSA) is 84.2 Å². The van der Waals surface area contributed by atoms with Crippen molar-refractivity contribution >= 4 is 29.9 Å². The zero-order valence-electron chi connectivity index (χ0n) is 17.0. The minimum Gasteiger partial charge on any atom is -0.352 e. The molecule has 0 bridgehead atoms. The third-order valence-electron chi connectivity index (χ3n) is 5.54. The maximum atomic E-state index is 12.6. The van der Waals surface area contributed by atoms with E-state index in [1.807, 2.05) is 62.4 Å². The second-order valence-electron chi connectivity index (χ2n) is 8.04. The van der Waals surface area contributed by atoms with E-state index in [1.165, 1.54) is 0 Å². The number of anilines is 1. The van der Waals surface area contributed by atoms with E-state index in [4.69, 9.17) is 5.73 Å². The Balaban J connectivity index is 0.00000300. The van der Waals surface area contributed by atoms with Gasteiger partial charge in [-0.3, -0.25) is 9.59 Å². The molecule has 0 aliphatic heterocycles. The van der Waals surface area contributed by atoms with Crippen LogP contribution in [0.3, 0.4) is 0 Å². The molecule has 0 aromatic heterocycles. The Morgan fingerprint density at radius 2 is 1.86 bits per heavy atom. The molecule has 5 nitrogen and oxygen atoms in total. The van der Waals surface area contributed by atoms with E-state index in [9.17, 15) is 9.59 Å². The van der Waals surface area contributed by atoms with Crippen LogP contribution in [0.1, 0.15) is 54.1 Å². The van der Waals surface area contributed by atoms with Crippen LogP contribution in [0.2, 0.25) is 0 Å². The van der Waals surface area contributed by atoms with E-state index in [2.05, 4.69) is 10.6 Å². The van der Waals surface area contributed by atoms with E-state index in [0.717, 1.165) is 36.8 Å². The van der Waals surface area contributed by atoms with Crippen LogP contribution in [0.5, 0.6) is 0 Å². The summed E-state index contributed by atoms with van der Waals surface area (Å²) in [5, 5.41) is 5.92. The van der Waals surface area contributed by atoms with Crippen molar-refractivity contribution in [1.29, 1.82) is 0 Å². The van der Waals surface area contributed by atoms with Crippen molar-refractivity contribution in [1.82, 2.24) is 5.32 Å². The molecule has 2 aromatic carbocycles. The third-order valence-corrected chi connectivity index (χ3v) is 5.54. The Labute approximate surface area is 178 Å². The molecular weight excluding hydrogens is 386 g/mol. The fourth-order valence-electron chi connectivity index (χ4n) is 3.77. The fourth-order valence-corrected chi connectivity index (χ4v) is 3.77. The Morgan fingerprint density at radius 3 is 2.55 bits per heavy atom. The summed E-state index contributed by atoms with van der Waals surface area (Å²) >= 11 is 0. The van der Waals surface area contributed by atoms with E-state index >= 15 is 0 Å². The van der Waals surface area contributed by atoms with Gasteiger partial charge in [0.1, 0.15) is 0 Å². The largest absolute Gasteiger partial charge is 0.352 e. The van der Waals surface area contributed by atoms with Gasteiger partial charge in [0.25, 0.3) is 5.91 Å². The van der Waals surface area contributed by atoms with Gasteiger partial charge in [0.05, 0.1) is 5.92 Å². The number of amides is 2. The number of hydrogen-bond donors (Lipinski definition) is 3. The maximum Gasteiger partial charge on any atom is 0.255 e. The standard InChI is InChI=1S/C23H29N3O2.ClH/c1-16-9-11-18(12-10-16)21(27)26-19-7-5-6-17(14-19)15-25-22(28)20-8-3-4-13-23(20,2)24;/h5-7,9-12,14,20H,3-4,8,13,15,24H2,1-2H3,(H,25,28)(H,26,27);1H. The number of hydrogen-bond acceptors (Lipinski definition) is 3. The average Bonchev–Trinajstić information content (AvgIpc) is 2.66. The number of nitrogens with two attached hydrogens (primary N) is 1. The normalized spacial score (nSPS) is 21.0. The van der Waals surface area contributed by atoms with Crippen LogP contribution in [0, 0.1) is 12.8 Å². The molecule has 0 spiro atoms. The van der Waals surface area contributed by atoms with Gasteiger partial charge in [-0.25, -0.2) is 0 Å². The van der Waals surface area contributed by atoms with Gasteiger partial charge in [0.2, 0.25) is 5.91 Å². The van der Waals surface area contributed by atoms with Gasteiger partial charge in [0, 0.05) is 23.3 Å². The van der Waals surface area contributed by atoms with E-state index in [1.54, 1.807) is 0 Å². The van der Waals surface area contributed by atoms with Crippen molar-refractivity contribution in [2.24, 2.45) is 11.7 Å². The minimum atomic E-state index is -0.438. The Hall–Kier alpha value is -2.37. The van der Waals surface area contributed by atoms with Gasteiger partial charge in [0.15, 0.2) is 0 Å². The lowest BCUT2D eigenvalue weighted by molar-refractivity contribution is -0.128. The van der Waals surface area contributed by atoms with Crippen molar-refractivity contribution in [3.05, 3.63) is 65.2 Å². The smallest absolute Gasteiger partial charge is 0.255 e. The summed E-state index contributed by atoms with van der Waals surface area (Å²) in [6.07, 6.45) is 3.85. The van der Waals surface area contributed by atoms with Crippen molar-refractivity contribution in [2.45, 2.75) is 51.6 Å². The number of rotatable bonds is 5. The summed E-state index contributed by atoms with van der Waals surface area (Å²) in [6.45, 7) is 4.37. The number of carbonyl (C=O) groups excluding carboxylic acids is 2. The van der Waals surface area contributed by atoms with E-state index < -0.39 is 5.54 Å². The Bertz CT molecular complexity index is 849. The first kappa shape index (κ1) is 22.9. The predicted molar refractivity (Wildman–Crippen MR) is 119 cm³/mol. The SMILES string of the molecule is Cc1ccc(C(=O)Nc2cccc(CNC(=O)C3CCCCC3(C)N)c2)cc1.Cl. The number of benzene rings is 2. The molecule has 4 N–H and O–H groups in total. The zero-order valence-corrected chi connectivity index (χ0v) is 17.9. The molecule has 2 unspecified atom stereocenters. The van der Waals surface area contributed by atoms with E-state index in [0.29, 0.717) is 17.8 Å². The fraction of sp³-hybridized carbons (Fsp3) is 0.391. The number of nitrogens with one attached hydrogen (secondary N) is 2. The quantitative estimate of drug-likeness (QED) is 0.684. The second kappa shape index (κ2) is 9.90. The summed E-state index contributed by atoms with van der Waals surface area (Å²) in [5.41, 5.74) is 9.26. The molecule has 1 fully saturated rings. The van der Waals surface area contributed by atoms with Gasteiger partial charge < -0.3 is 16.4 Å². The summed E-state index contributed by atoms with van der Waals surface area (Å²) in [7, 11) is 0. The van der Waals surface area contributed by atoms with Crippen molar-refractivity contribution < 1.29 is 9.59 Å². The van der Waals surface area contributed by atoms with Crippen LogP contribution in [-0.2, 0) is 11.3 Å². The van der Waals surface area contributed by atoms with Crippen molar-refractivity contribution in [2.75, 3.05) is 5.32 Å². The summed E-state index contributed by atoms with van der Waals surface area (Å²) in [4.78, 5) is 25.0. The first-order chi connectivity index (χ1) is 13.3. The van der Waals surface area contributed by atoms with Gasteiger partial charge in [-0.05, 0) is 56.5 Å². The molecule has 2 atom stereocenters. The van der Waals surface area contributed by atoms with Crippen LogP contribution in [-0.4, -0.2) is 17.4 Å². The first-order valence-electron chi connectivity index (χ1n) is 9.89. The molecule has 1 saturated carbocycles. The molecule has 2 aromatic rings. The van der Waals surface area contributed by atoms with Crippen molar-refractivity contribution in [3.63, 3.8) is 0 Å². The summed E-state index contributed by atoms with van der Waals surface area (Å²) in [5.74, 6) is -0.285. The van der Waals surface area contributed by atoms with Gasteiger partial charge in [-0.1, -0.05) is 42.7 Å². The maximum absolute atomic E-state index is 12.6. The molecular formula is C23H30ClN3O2. The highest BCUT2D eigenvalue weighted by Crippen LogP contribution is 2.31. The van der Waals surface area contributed by atoms with Gasteiger partial charge >= 0.3 is 0 Å². The Kier molecular flexibility index (Phi) is 7.82. The lowest BCUT2D eigenvalue weighted by Gasteiger charge is -2.37. The lowest BCUT2D eigenvalue weighted by atomic mass is 9.74. The Morgan fingerprint density at radius 1 is 1.14 bits per heavy atom. The highest BCUT2D eigenvalue weighted by Gasteiger charge is 2.37. The molecule has 2 amide bonds. The van der Waals surface area contributed by atoms with E-state index in [-0.39, 0.29) is 30.1 Å². The zero-order chi connectivity index (χ0) is 20.1. The molecule has 0 heterocycles. The van der Waals surface area contributed by atoms with Crippen LogP contribution in [0.25, 0.3) is 0 Å². The van der Waals surface area contributed by atoms with Crippen LogP contribution >= 0.6 is 12.4 Å². The summed E-state index contributed by atoms with van der Waals surface area (Å²) < 4.78 is 0. The molecule has 29 heavy (non-hydrogen) atoms. The predicted octanol–water partition coefficient (Wildman–Crippen LogP) is 4.19. The van der Waals surface area contributed by atoms with Gasteiger partial charge in [-0.2, -0.15) is 0 Å². The first-order valence-corrected chi connectivity index (χ1v) is 9.89. The van der Waals surface area contributed by atoms with Crippen molar-refractivity contribution in [3.8, 4) is 0 Å². The molecule has 0 radical (unpaired) electrons. The molecule has 6 heteroatoms. The molecule has 1 aliphatic carbocycles. The molecule has 156 valence electrons. The highest BCUT2D eigenvalue weighted by atomic mass is 35.5. The average molecular weight is 416 g/mol. The third kappa shape index (κ3) is 6.05. The molecule has 3 rings (SSSR count). The van der Waals surface area contributed by atoms with Crippen LogP contribution < -0.4 is 16.4 Å². The van der Waals surface area contributed by atoms with Crippen LogP contribution in [0.4, 0.5) is 5.69 Å². The minimum absolute atomic E-state index is 0. The second-order valence-corrected chi connectivity index (χ2v) is 8.04. The monoisotopic (exact) mass is 415 g/mol. The number of carbonyl (C=O) groups is 2. The van der Waals surface area contributed by atoms with Crippen LogP contribution in [0.15, 0.2) is 48.5 Å². The van der Waals surface area contributed by atoms with Gasteiger partial charge in [-0.15, -0.1) is 12.4 Å².